The summed E-state index contributed by atoms with van der Waals surface area (Å²) in [6, 6.07) is 3.83. The maximum Gasteiger partial charge on any atom is 0.263 e. The van der Waals surface area contributed by atoms with Crippen LogP contribution in [-0.4, -0.2) is 25.0 Å². The monoisotopic (exact) mass is 292 g/mol. The van der Waals surface area contributed by atoms with Crippen LogP contribution >= 0.6 is 11.3 Å². The molecule has 0 bridgehead atoms. The van der Waals surface area contributed by atoms with E-state index in [-0.39, 0.29) is 5.91 Å². The fourth-order valence-electron chi connectivity index (χ4n) is 1.71. The Morgan fingerprint density at radius 3 is 2.75 bits per heavy atom. The normalized spacial score (nSPS) is 10.1. The molecule has 2 aromatic rings. The highest BCUT2D eigenvalue weighted by atomic mass is 32.1. The number of methoxy groups -OCH3 is 1. The van der Waals surface area contributed by atoms with Gasteiger partial charge in [0, 0.05) is 26.0 Å². The molecular weight excluding hydrogens is 276 g/mol. The standard InChI is InChI=1S/C13H16N4O2S/c1-15-12(18)11-9(14)10(19-2)13(20-11)17-7-8-3-5-16-6-4-8/h3-6,17H,7,14H2,1-2H3,(H,15,18). The molecule has 2 aromatic heterocycles. The summed E-state index contributed by atoms with van der Waals surface area (Å²) in [5, 5.41) is 6.52. The van der Waals surface area contributed by atoms with Crippen LogP contribution in [0.15, 0.2) is 24.5 Å². The second-order valence-electron chi connectivity index (χ2n) is 4.00. The maximum absolute atomic E-state index is 11.7. The second-order valence-corrected chi connectivity index (χ2v) is 5.02. The molecule has 106 valence electrons. The zero-order valence-corrected chi connectivity index (χ0v) is 12.1. The van der Waals surface area contributed by atoms with Crippen molar-refractivity contribution in [3.05, 3.63) is 35.0 Å². The molecule has 1 amide bonds. The van der Waals surface area contributed by atoms with E-state index in [4.69, 9.17) is 10.5 Å². The van der Waals surface area contributed by atoms with Gasteiger partial charge >= 0.3 is 0 Å². The summed E-state index contributed by atoms with van der Waals surface area (Å²) in [5.41, 5.74) is 7.37. The predicted octanol–water partition coefficient (Wildman–Crippen LogP) is 1.71. The molecular formula is C13H16N4O2S. The molecule has 4 N–H and O–H groups in total. The lowest BCUT2D eigenvalue weighted by molar-refractivity contribution is 0.0967. The van der Waals surface area contributed by atoms with Crippen LogP contribution in [0.1, 0.15) is 15.2 Å². The Hall–Kier alpha value is -2.28. The van der Waals surface area contributed by atoms with Gasteiger partial charge in [-0.1, -0.05) is 0 Å². The van der Waals surface area contributed by atoms with Crippen molar-refractivity contribution in [3.8, 4) is 5.75 Å². The van der Waals surface area contributed by atoms with Crippen LogP contribution in [0.5, 0.6) is 5.75 Å². The van der Waals surface area contributed by atoms with E-state index >= 15 is 0 Å². The van der Waals surface area contributed by atoms with Crippen LogP contribution in [-0.2, 0) is 6.54 Å². The number of nitrogens with two attached hydrogens (primary N) is 1. The van der Waals surface area contributed by atoms with Crippen LogP contribution in [0.25, 0.3) is 0 Å². The molecule has 20 heavy (non-hydrogen) atoms. The number of thiophene rings is 1. The zero-order valence-electron chi connectivity index (χ0n) is 11.3. The first-order valence-corrected chi connectivity index (χ1v) is 6.80. The number of nitrogens with zero attached hydrogens (tertiary/aromatic N) is 1. The molecule has 0 aliphatic rings. The van der Waals surface area contributed by atoms with Crippen LogP contribution in [0, 0.1) is 0 Å². The van der Waals surface area contributed by atoms with Gasteiger partial charge in [-0.25, -0.2) is 0 Å². The molecule has 0 spiro atoms. The third-order valence-corrected chi connectivity index (χ3v) is 3.88. The Kier molecular flexibility index (Phi) is 4.41. The highest BCUT2D eigenvalue weighted by Gasteiger charge is 2.20. The SMILES string of the molecule is CNC(=O)c1sc(NCc2ccncc2)c(OC)c1N. The summed E-state index contributed by atoms with van der Waals surface area (Å²) in [6.45, 7) is 0.603. The van der Waals surface area contributed by atoms with Crippen molar-refractivity contribution in [1.82, 2.24) is 10.3 Å². The molecule has 0 fully saturated rings. The fourth-order valence-corrected chi connectivity index (χ4v) is 2.74. The quantitative estimate of drug-likeness (QED) is 0.780. The predicted molar refractivity (Wildman–Crippen MR) is 80.2 cm³/mol. The number of ether oxygens (including phenoxy) is 1. The summed E-state index contributed by atoms with van der Waals surface area (Å²) in [4.78, 5) is 16.1. The van der Waals surface area contributed by atoms with Crippen LogP contribution in [0.4, 0.5) is 10.7 Å². The first-order chi connectivity index (χ1) is 9.67. The Morgan fingerprint density at radius 2 is 2.15 bits per heavy atom. The fraction of sp³-hybridized carbons (Fsp3) is 0.231. The van der Waals surface area contributed by atoms with Gasteiger partial charge in [0.15, 0.2) is 5.75 Å². The van der Waals surface area contributed by atoms with E-state index in [9.17, 15) is 4.79 Å². The van der Waals surface area contributed by atoms with Crippen LogP contribution in [0.2, 0.25) is 0 Å². The average Bonchev–Trinajstić information content (AvgIpc) is 2.81. The second kappa shape index (κ2) is 6.25. The molecule has 2 rings (SSSR count). The highest BCUT2D eigenvalue weighted by molar-refractivity contribution is 7.19. The van der Waals surface area contributed by atoms with Crippen LogP contribution in [0.3, 0.4) is 0 Å². The van der Waals surface area contributed by atoms with E-state index in [0.717, 1.165) is 10.6 Å². The van der Waals surface area contributed by atoms with E-state index in [2.05, 4.69) is 15.6 Å². The first kappa shape index (κ1) is 14.1. The summed E-state index contributed by atoms with van der Waals surface area (Å²) in [6.07, 6.45) is 3.46. The van der Waals surface area contributed by atoms with Crippen LogP contribution < -0.4 is 21.1 Å². The number of aromatic nitrogens is 1. The first-order valence-electron chi connectivity index (χ1n) is 5.98. The van der Waals surface area contributed by atoms with Gasteiger partial charge in [-0.15, -0.1) is 11.3 Å². The third-order valence-electron chi connectivity index (χ3n) is 2.74. The smallest absolute Gasteiger partial charge is 0.263 e. The zero-order chi connectivity index (χ0) is 14.5. The third kappa shape index (κ3) is 2.83. The molecule has 0 unspecified atom stereocenters. The number of hydrogen-bond acceptors (Lipinski definition) is 6. The molecule has 6 nitrogen and oxygen atoms in total. The van der Waals surface area contributed by atoms with Gasteiger partial charge in [-0.3, -0.25) is 9.78 Å². The topological polar surface area (TPSA) is 89.3 Å². The van der Waals surface area contributed by atoms with E-state index in [1.54, 1.807) is 19.4 Å². The lowest BCUT2D eigenvalue weighted by Gasteiger charge is -2.06. The lowest BCUT2D eigenvalue weighted by Crippen LogP contribution is -2.17. The van der Waals surface area contributed by atoms with E-state index < -0.39 is 0 Å². The van der Waals surface area contributed by atoms with Crippen molar-refractivity contribution in [3.63, 3.8) is 0 Å². The summed E-state index contributed by atoms with van der Waals surface area (Å²) < 4.78 is 5.27. The number of nitrogens with one attached hydrogen (secondary N) is 2. The number of carbonyl (C=O) groups is 1. The lowest BCUT2D eigenvalue weighted by atomic mass is 10.3. The number of rotatable bonds is 5. The van der Waals surface area contributed by atoms with Gasteiger partial charge < -0.3 is 21.1 Å². The molecule has 0 aromatic carbocycles. The number of nitrogen functional groups attached to an aromatic ring is 1. The van der Waals surface area contributed by atoms with Gasteiger partial charge in [-0.05, 0) is 17.7 Å². The molecule has 0 radical (unpaired) electrons. The van der Waals surface area contributed by atoms with Crippen molar-refractivity contribution >= 4 is 27.9 Å². The van der Waals surface area contributed by atoms with Gasteiger partial charge in [0.25, 0.3) is 5.91 Å². The summed E-state index contributed by atoms with van der Waals surface area (Å²) in [7, 11) is 3.10. The molecule has 2 heterocycles. The number of carbonyl (C=O) groups excluding carboxylic acids is 1. The number of anilines is 2. The van der Waals surface area contributed by atoms with Crippen molar-refractivity contribution in [2.75, 3.05) is 25.2 Å². The number of amides is 1. The summed E-state index contributed by atoms with van der Waals surface area (Å²) >= 11 is 1.27. The van der Waals surface area contributed by atoms with Gasteiger partial charge in [0.05, 0.1) is 7.11 Å². The summed E-state index contributed by atoms with van der Waals surface area (Å²) in [5.74, 6) is 0.283. The molecule has 0 aliphatic heterocycles. The Bertz CT molecular complexity index is 598. The van der Waals surface area contributed by atoms with E-state index in [0.29, 0.717) is 22.9 Å². The van der Waals surface area contributed by atoms with E-state index in [1.807, 2.05) is 12.1 Å². The minimum Gasteiger partial charge on any atom is -0.492 e. The molecule has 0 atom stereocenters. The Balaban J connectivity index is 2.21. The van der Waals surface area contributed by atoms with Crippen molar-refractivity contribution < 1.29 is 9.53 Å². The minimum absolute atomic E-state index is 0.220. The van der Waals surface area contributed by atoms with Gasteiger partial charge in [-0.2, -0.15) is 0 Å². The van der Waals surface area contributed by atoms with Crippen molar-refractivity contribution in [2.24, 2.45) is 0 Å². The highest BCUT2D eigenvalue weighted by Crippen LogP contribution is 2.42. The van der Waals surface area contributed by atoms with Crippen molar-refractivity contribution in [2.45, 2.75) is 6.54 Å². The Labute approximate surface area is 121 Å². The number of hydrogen-bond donors (Lipinski definition) is 3. The van der Waals surface area contributed by atoms with Crippen molar-refractivity contribution in [1.29, 1.82) is 0 Å². The molecule has 0 aliphatic carbocycles. The number of pyridine rings is 1. The van der Waals surface area contributed by atoms with E-state index in [1.165, 1.54) is 18.4 Å². The van der Waals surface area contributed by atoms with Gasteiger partial charge in [0.1, 0.15) is 15.6 Å². The van der Waals surface area contributed by atoms with Gasteiger partial charge in [0.2, 0.25) is 0 Å². The molecule has 0 saturated carbocycles. The Morgan fingerprint density at radius 1 is 1.45 bits per heavy atom. The molecule has 0 saturated heterocycles. The largest absolute Gasteiger partial charge is 0.492 e. The maximum atomic E-state index is 11.7. The molecule has 7 heteroatoms. The average molecular weight is 292 g/mol. The minimum atomic E-state index is -0.220.